The highest BCUT2D eigenvalue weighted by Crippen LogP contribution is 2.07. The maximum atomic E-state index is 10.3. The summed E-state index contributed by atoms with van der Waals surface area (Å²) in [5.41, 5.74) is 0. The van der Waals surface area contributed by atoms with Gasteiger partial charge in [-0.15, -0.1) is 11.3 Å². The zero-order valence-electron chi connectivity index (χ0n) is 5.20. The molecular weight excluding hydrogens is 166 g/mol. The van der Waals surface area contributed by atoms with Crippen molar-refractivity contribution in [1.29, 1.82) is 0 Å². The molecule has 0 atom stereocenters. The largest absolute Gasteiger partial charge is 0.342 e. The van der Waals surface area contributed by atoms with Crippen molar-refractivity contribution in [1.82, 2.24) is 5.32 Å². The summed E-state index contributed by atoms with van der Waals surface area (Å²) in [4.78, 5) is 11.4. The molecule has 1 amide bonds. The molecule has 1 aromatic heterocycles. The van der Waals surface area contributed by atoms with Crippen molar-refractivity contribution in [2.45, 2.75) is 6.54 Å². The lowest BCUT2D eigenvalue weighted by atomic mass is 10.5. The lowest BCUT2D eigenvalue weighted by molar-refractivity contribution is 0.261. The van der Waals surface area contributed by atoms with Crippen LogP contribution in [0.2, 0.25) is 0 Å². The smallest absolute Gasteiger partial charge is 0.276 e. The van der Waals surface area contributed by atoms with Crippen LogP contribution in [-0.2, 0) is 6.54 Å². The molecule has 1 N–H and O–H groups in total. The minimum Gasteiger partial charge on any atom is -0.342 e. The van der Waals surface area contributed by atoms with Gasteiger partial charge in [0, 0.05) is 4.88 Å². The third kappa shape index (κ3) is 2.41. The Hall–Kier alpha value is -0.480. The van der Waals surface area contributed by atoms with Gasteiger partial charge >= 0.3 is 0 Å². The van der Waals surface area contributed by atoms with Gasteiger partial charge in [0.25, 0.3) is 5.24 Å². The summed E-state index contributed by atoms with van der Waals surface area (Å²) in [6.45, 7) is 0.583. The lowest BCUT2D eigenvalue weighted by Crippen LogP contribution is -2.14. The van der Waals surface area contributed by atoms with Crippen LogP contribution in [0.5, 0.6) is 0 Å². The Morgan fingerprint density at radius 1 is 1.80 bits per heavy atom. The van der Waals surface area contributed by atoms with Gasteiger partial charge in [-0.1, -0.05) is 18.7 Å². The quantitative estimate of drug-likeness (QED) is 0.657. The maximum absolute atomic E-state index is 10.3. The highest BCUT2D eigenvalue weighted by Gasteiger charge is 1.93. The van der Waals surface area contributed by atoms with Crippen LogP contribution < -0.4 is 5.32 Å². The molecule has 10 heavy (non-hydrogen) atoms. The van der Waals surface area contributed by atoms with Gasteiger partial charge in [-0.05, 0) is 11.4 Å². The molecule has 0 fully saturated rings. The molecule has 1 heterocycles. The fraction of sp³-hybridized carbons (Fsp3) is 0.167. The molecule has 4 heteroatoms. The predicted molar refractivity (Wildman–Crippen MR) is 45.5 cm³/mol. The van der Waals surface area contributed by atoms with Crippen LogP contribution in [0.1, 0.15) is 4.88 Å². The van der Waals surface area contributed by atoms with Gasteiger partial charge in [0.15, 0.2) is 0 Å². The molecule has 0 aliphatic heterocycles. The molecule has 1 aromatic rings. The number of hydrogen-bond donors (Lipinski definition) is 2. The number of carbonyl (C=O) groups excluding carboxylic acids is 1. The number of carbonyl (C=O) groups is 1. The molecule has 0 spiro atoms. The van der Waals surface area contributed by atoms with Crippen LogP contribution in [0, 0.1) is 0 Å². The molecule has 0 saturated carbocycles. The first-order chi connectivity index (χ1) is 4.79. The Morgan fingerprint density at radius 2 is 2.60 bits per heavy atom. The third-order valence-electron chi connectivity index (χ3n) is 0.994. The summed E-state index contributed by atoms with van der Waals surface area (Å²) in [5, 5.41) is 4.27. The summed E-state index contributed by atoms with van der Waals surface area (Å²) in [6.07, 6.45) is 0. The highest BCUT2D eigenvalue weighted by atomic mass is 32.1. The number of rotatable bonds is 2. The van der Waals surface area contributed by atoms with Gasteiger partial charge in [-0.25, -0.2) is 0 Å². The zero-order chi connectivity index (χ0) is 7.40. The number of nitrogens with one attached hydrogen (secondary N) is 1. The van der Waals surface area contributed by atoms with Gasteiger partial charge < -0.3 is 5.32 Å². The molecule has 0 saturated heterocycles. The second-order valence-electron chi connectivity index (χ2n) is 1.74. The Morgan fingerprint density at radius 3 is 3.10 bits per heavy atom. The zero-order valence-corrected chi connectivity index (χ0v) is 6.91. The first kappa shape index (κ1) is 7.63. The summed E-state index contributed by atoms with van der Waals surface area (Å²) in [6, 6.07) is 3.92. The van der Waals surface area contributed by atoms with E-state index in [9.17, 15) is 4.79 Å². The van der Waals surface area contributed by atoms with Crippen molar-refractivity contribution in [3.05, 3.63) is 22.4 Å². The van der Waals surface area contributed by atoms with Crippen molar-refractivity contribution in [2.75, 3.05) is 0 Å². The summed E-state index contributed by atoms with van der Waals surface area (Å²) in [7, 11) is 0. The Bertz CT molecular complexity index is 208. The number of thiophene rings is 1. The molecular formula is C6H7NOS2. The highest BCUT2D eigenvalue weighted by molar-refractivity contribution is 7.96. The van der Waals surface area contributed by atoms with E-state index in [0.29, 0.717) is 6.54 Å². The van der Waals surface area contributed by atoms with Crippen molar-refractivity contribution in [2.24, 2.45) is 0 Å². The van der Waals surface area contributed by atoms with E-state index in [4.69, 9.17) is 0 Å². The third-order valence-corrected chi connectivity index (χ3v) is 2.03. The van der Waals surface area contributed by atoms with Gasteiger partial charge in [0.2, 0.25) is 0 Å². The molecule has 0 unspecified atom stereocenters. The molecule has 0 aliphatic carbocycles. The molecule has 0 radical (unpaired) electrons. The number of amides is 1. The predicted octanol–water partition coefficient (Wildman–Crippen LogP) is 1.89. The fourth-order valence-corrected chi connectivity index (χ4v) is 1.30. The van der Waals surface area contributed by atoms with E-state index in [0.717, 1.165) is 4.88 Å². The van der Waals surface area contributed by atoms with E-state index in [1.807, 2.05) is 17.5 Å². The molecule has 0 aliphatic rings. The number of hydrogen-bond acceptors (Lipinski definition) is 2. The molecule has 54 valence electrons. The van der Waals surface area contributed by atoms with E-state index < -0.39 is 0 Å². The van der Waals surface area contributed by atoms with E-state index in [-0.39, 0.29) is 5.24 Å². The monoisotopic (exact) mass is 173 g/mol. The van der Waals surface area contributed by atoms with Crippen LogP contribution in [0.15, 0.2) is 17.5 Å². The minimum absolute atomic E-state index is 0.284. The first-order valence-electron chi connectivity index (χ1n) is 2.78. The van der Waals surface area contributed by atoms with Gasteiger partial charge in [0.05, 0.1) is 6.54 Å². The van der Waals surface area contributed by atoms with E-state index in [2.05, 4.69) is 17.9 Å². The summed E-state index contributed by atoms with van der Waals surface area (Å²) in [5.74, 6) is 0. The lowest BCUT2D eigenvalue weighted by Gasteiger charge is -1.95. The second kappa shape index (κ2) is 3.63. The topological polar surface area (TPSA) is 29.1 Å². The van der Waals surface area contributed by atoms with Crippen LogP contribution in [0.25, 0.3) is 0 Å². The molecule has 1 rings (SSSR count). The standard InChI is InChI=1S/C6H7NOS2/c8-6(9)7-4-5-2-1-3-10-5/h1-3H,4H2,(H2,7,8,9). The van der Waals surface area contributed by atoms with E-state index >= 15 is 0 Å². The molecule has 2 nitrogen and oxygen atoms in total. The Labute approximate surface area is 68.7 Å². The van der Waals surface area contributed by atoms with Crippen LogP contribution in [0.4, 0.5) is 4.79 Å². The summed E-state index contributed by atoms with van der Waals surface area (Å²) >= 11 is 5.18. The first-order valence-corrected chi connectivity index (χ1v) is 4.11. The van der Waals surface area contributed by atoms with E-state index in [1.54, 1.807) is 11.3 Å². The maximum Gasteiger partial charge on any atom is 0.276 e. The molecule has 0 aromatic carbocycles. The SMILES string of the molecule is O=C(S)NCc1cccs1. The van der Waals surface area contributed by atoms with Crippen molar-refractivity contribution < 1.29 is 4.79 Å². The summed E-state index contributed by atoms with van der Waals surface area (Å²) < 4.78 is 0. The van der Waals surface area contributed by atoms with Crippen LogP contribution in [-0.4, -0.2) is 5.24 Å². The van der Waals surface area contributed by atoms with Gasteiger partial charge in [0.1, 0.15) is 0 Å². The van der Waals surface area contributed by atoms with Crippen LogP contribution in [0.3, 0.4) is 0 Å². The average molecular weight is 173 g/mol. The molecule has 0 bridgehead atoms. The van der Waals surface area contributed by atoms with Gasteiger partial charge in [-0.2, -0.15) is 0 Å². The van der Waals surface area contributed by atoms with Crippen molar-refractivity contribution >= 4 is 29.2 Å². The van der Waals surface area contributed by atoms with Crippen molar-refractivity contribution in [3.8, 4) is 0 Å². The fourth-order valence-electron chi connectivity index (χ4n) is 0.576. The number of thiol groups is 1. The Balaban J connectivity index is 2.35. The van der Waals surface area contributed by atoms with E-state index in [1.165, 1.54) is 0 Å². The van der Waals surface area contributed by atoms with Crippen molar-refractivity contribution in [3.63, 3.8) is 0 Å². The van der Waals surface area contributed by atoms with Crippen LogP contribution >= 0.6 is 24.0 Å². The second-order valence-corrected chi connectivity index (χ2v) is 3.18. The van der Waals surface area contributed by atoms with Gasteiger partial charge in [-0.3, -0.25) is 4.79 Å². The minimum atomic E-state index is -0.284. The average Bonchev–Trinajstić information content (AvgIpc) is 2.34. The normalized spacial score (nSPS) is 9.30. The Kier molecular flexibility index (Phi) is 2.77.